The van der Waals surface area contributed by atoms with Gasteiger partial charge in [-0.3, -0.25) is 9.59 Å². The minimum Gasteiger partial charge on any atom is -0.507 e. The molecule has 0 bridgehead atoms. The van der Waals surface area contributed by atoms with Gasteiger partial charge in [0.1, 0.15) is 29.1 Å². The van der Waals surface area contributed by atoms with Gasteiger partial charge in [-0.1, -0.05) is 30.3 Å². The minimum atomic E-state index is -0.736. The number of carbonyl (C=O) groups excluding carboxylic acids is 2. The van der Waals surface area contributed by atoms with Gasteiger partial charge in [-0.05, 0) is 87.6 Å². The maximum absolute atomic E-state index is 13.4. The predicted molar refractivity (Wildman–Crippen MR) is 145 cm³/mol. The molecule has 7 heteroatoms. The summed E-state index contributed by atoms with van der Waals surface area (Å²) < 4.78 is 11.8. The number of amides is 1. The third-order valence-electron chi connectivity index (χ3n) is 6.87. The fourth-order valence-electron chi connectivity index (χ4n) is 5.11. The van der Waals surface area contributed by atoms with Crippen molar-refractivity contribution in [1.82, 2.24) is 9.80 Å². The Morgan fingerprint density at radius 2 is 1.79 bits per heavy atom. The van der Waals surface area contributed by atoms with E-state index in [2.05, 4.69) is 0 Å². The van der Waals surface area contributed by atoms with Crippen LogP contribution in [0.1, 0.15) is 36.1 Å². The van der Waals surface area contributed by atoms with E-state index in [0.29, 0.717) is 35.6 Å². The number of aliphatic hydroxyl groups excluding tert-OH is 1. The van der Waals surface area contributed by atoms with Gasteiger partial charge in [-0.15, -0.1) is 0 Å². The van der Waals surface area contributed by atoms with Gasteiger partial charge in [0.15, 0.2) is 0 Å². The van der Waals surface area contributed by atoms with Crippen molar-refractivity contribution < 1.29 is 24.2 Å². The monoisotopic (exact) mass is 512 g/mol. The third-order valence-corrected chi connectivity index (χ3v) is 6.87. The number of Topliss-reactive ketones (excluding diaryl/α,β-unsaturated/α-hetero) is 1. The zero-order chi connectivity index (χ0) is 26.8. The van der Waals surface area contributed by atoms with E-state index < -0.39 is 17.7 Å². The zero-order valence-electron chi connectivity index (χ0n) is 21.9. The molecule has 0 saturated carbocycles. The fraction of sp³-hybridized carbons (Fsp3) is 0.290. The van der Waals surface area contributed by atoms with Gasteiger partial charge in [0.05, 0.1) is 11.6 Å². The number of carbonyl (C=O) groups is 2. The minimum absolute atomic E-state index is 0.0528. The molecule has 2 heterocycles. The number of nitrogens with zero attached hydrogens (tertiary/aromatic N) is 2. The molecule has 0 aliphatic carbocycles. The Hall–Kier alpha value is -4.10. The second-order valence-corrected chi connectivity index (χ2v) is 10.1. The lowest BCUT2D eigenvalue weighted by Crippen LogP contribution is -2.32. The van der Waals surface area contributed by atoms with Gasteiger partial charge in [-0.2, -0.15) is 0 Å². The molecule has 1 N–H and O–H groups in total. The molecule has 3 aromatic rings. The number of ketones is 1. The number of hydrogen-bond acceptors (Lipinski definition) is 6. The van der Waals surface area contributed by atoms with Gasteiger partial charge in [0.25, 0.3) is 11.7 Å². The van der Waals surface area contributed by atoms with Crippen molar-refractivity contribution in [2.75, 3.05) is 27.2 Å². The van der Waals surface area contributed by atoms with Crippen LogP contribution in [0.15, 0.2) is 78.4 Å². The normalized spacial score (nSPS) is 20.1. The van der Waals surface area contributed by atoms with E-state index in [0.717, 1.165) is 24.3 Å². The van der Waals surface area contributed by atoms with Crippen LogP contribution in [-0.2, 0) is 16.0 Å². The molecule has 3 aromatic carbocycles. The molecule has 2 aliphatic heterocycles. The summed E-state index contributed by atoms with van der Waals surface area (Å²) in [4.78, 5) is 30.3. The lowest BCUT2D eigenvalue weighted by Gasteiger charge is -2.26. The average molecular weight is 513 g/mol. The van der Waals surface area contributed by atoms with Crippen molar-refractivity contribution in [1.29, 1.82) is 0 Å². The van der Waals surface area contributed by atoms with E-state index in [1.54, 1.807) is 11.0 Å². The number of rotatable bonds is 8. The van der Waals surface area contributed by atoms with E-state index in [-0.39, 0.29) is 17.4 Å². The summed E-state index contributed by atoms with van der Waals surface area (Å²) in [5.74, 6) is 0.566. The quantitative estimate of drug-likeness (QED) is 0.255. The second-order valence-electron chi connectivity index (χ2n) is 10.1. The van der Waals surface area contributed by atoms with Crippen molar-refractivity contribution in [3.8, 4) is 17.2 Å². The van der Waals surface area contributed by atoms with E-state index in [1.165, 1.54) is 0 Å². The third kappa shape index (κ3) is 5.15. The lowest BCUT2D eigenvalue weighted by atomic mass is 9.94. The van der Waals surface area contributed by atoms with Crippen LogP contribution in [0.3, 0.4) is 0 Å². The molecule has 2 unspecified atom stereocenters. The molecule has 196 valence electrons. The molecule has 2 atom stereocenters. The lowest BCUT2D eigenvalue weighted by molar-refractivity contribution is -0.139. The summed E-state index contributed by atoms with van der Waals surface area (Å²) in [6.45, 7) is 3.13. The van der Waals surface area contributed by atoms with E-state index in [1.807, 2.05) is 92.6 Å². The smallest absolute Gasteiger partial charge is 0.295 e. The molecule has 7 nitrogen and oxygen atoms in total. The first-order valence-electron chi connectivity index (χ1n) is 12.9. The molecular formula is C31H32N2O5. The summed E-state index contributed by atoms with van der Waals surface area (Å²) in [7, 11) is 3.93. The van der Waals surface area contributed by atoms with Crippen molar-refractivity contribution in [2.24, 2.45) is 0 Å². The Bertz CT molecular complexity index is 1380. The first kappa shape index (κ1) is 25.5. The highest BCUT2D eigenvalue weighted by atomic mass is 16.5. The number of likely N-dealkylation sites (tertiary alicyclic amines) is 1. The van der Waals surface area contributed by atoms with Crippen LogP contribution < -0.4 is 9.47 Å². The number of ether oxygens (including phenoxy) is 2. The van der Waals surface area contributed by atoms with Gasteiger partial charge in [0, 0.05) is 18.5 Å². The summed E-state index contributed by atoms with van der Waals surface area (Å²) in [5.41, 5.74) is 2.25. The molecule has 38 heavy (non-hydrogen) atoms. The molecule has 2 aliphatic rings. The molecule has 1 saturated heterocycles. The number of aliphatic hydroxyl groups is 1. The topological polar surface area (TPSA) is 79.3 Å². The largest absolute Gasteiger partial charge is 0.507 e. The molecule has 5 rings (SSSR count). The Morgan fingerprint density at radius 3 is 2.55 bits per heavy atom. The van der Waals surface area contributed by atoms with Crippen LogP contribution in [0.4, 0.5) is 0 Å². The first-order valence-corrected chi connectivity index (χ1v) is 12.9. The number of fused-ring (bicyclic) bond motifs is 1. The maximum atomic E-state index is 13.4. The van der Waals surface area contributed by atoms with Crippen LogP contribution >= 0.6 is 0 Å². The summed E-state index contributed by atoms with van der Waals surface area (Å²) in [6.07, 6.45) is 1.46. The van der Waals surface area contributed by atoms with E-state index in [9.17, 15) is 14.7 Å². The highest BCUT2D eigenvalue weighted by Gasteiger charge is 2.46. The Balaban J connectivity index is 1.56. The summed E-state index contributed by atoms with van der Waals surface area (Å²) in [6, 6.07) is 21.4. The molecule has 1 fully saturated rings. The van der Waals surface area contributed by atoms with Crippen molar-refractivity contribution in [3.05, 3.63) is 95.1 Å². The number of para-hydroxylation sites is 1. The van der Waals surface area contributed by atoms with E-state index >= 15 is 0 Å². The SMILES string of the molecule is CC1Cc2cc(/C(O)=C3/C(=O)C(=O)N(CCCN(C)C)C3c3cccc(Oc4ccccc4)c3)ccc2O1. The van der Waals surface area contributed by atoms with Crippen molar-refractivity contribution in [3.63, 3.8) is 0 Å². The van der Waals surface area contributed by atoms with Crippen LogP contribution in [0.25, 0.3) is 5.76 Å². The predicted octanol–water partition coefficient (Wildman–Crippen LogP) is 5.18. The van der Waals surface area contributed by atoms with Gasteiger partial charge < -0.3 is 24.4 Å². The summed E-state index contributed by atoms with van der Waals surface area (Å²) in [5, 5.41) is 11.5. The Morgan fingerprint density at radius 1 is 1.03 bits per heavy atom. The highest BCUT2D eigenvalue weighted by Crippen LogP contribution is 2.41. The number of benzene rings is 3. The molecule has 0 aromatic heterocycles. The van der Waals surface area contributed by atoms with Gasteiger partial charge in [-0.25, -0.2) is 0 Å². The van der Waals surface area contributed by atoms with Crippen molar-refractivity contribution >= 4 is 17.4 Å². The highest BCUT2D eigenvalue weighted by molar-refractivity contribution is 6.46. The fourth-order valence-corrected chi connectivity index (χ4v) is 5.11. The van der Waals surface area contributed by atoms with Crippen LogP contribution in [0.2, 0.25) is 0 Å². The Kier molecular flexibility index (Phi) is 7.20. The molecule has 0 spiro atoms. The van der Waals surface area contributed by atoms with Crippen LogP contribution in [0.5, 0.6) is 17.2 Å². The van der Waals surface area contributed by atoms with Crippen LogP contribution in [0, 0.1) is 0 Å². The van der Waals surface area contributed by atoms with Gasteiger partial charge >= 0.3 is 0 Å². The molecule has 1 amide bonds. The van der Waals surface area contributed by atoms with E-state index in [4.69, 9.17) is 9.47 Å². The molecule has 0 radical (unpaired) electrons. The van der Waals surface area contributed by atoms with Crippen molar-refractivity contribution in [2.45, 2.75) is 31.9 Å². The summed E-state index contributed by atoms with van der Waals surface area (Å²) >= 11 is 0. The average Bonchev–Trinajstić information content (AvgIpc) is 3.40. The second kappa shape index (κ2) is 10.7. The zero-order valence-corrected chi connectivity index (χ0v) is 21.9. The van der Waals surface area contributed by atoms with Gasteiger partial charge in [0.2, 0.25) is 0 Å². The Labute approximate surface area is 222 Å². The van der Waals surface area contributed by atoms with Crippen LogP contribution in [-0.4, -0.2) is 59.9 Å². The first-order chi connectivity index (χ1) is 18.3. The standard InChI is InChI=1S/C31H32N2O5/c1-20-17-23-18-22(13-14-26(23)37-20)29(34)27-28(33(31(36)30(27)35)16-8-15-32(2)3)21-9-7-12-25(19-21)38-24-10-5-4-6-11-24/h4-7,9-14,18-20,28,34H,8,15-17H2,1-3H3/b29-27-. The number of hydrogen-bond donors (Lipinski definition) is 1. The maximum Gasteiger partial charge on any atom is 0.295 e. The molecular weight excluding hydrogens is 480 g/mol.